The number of nitrogens with zero attached hydrogens (tertiary/aromatic N) is 3. The number of piperazine rings is 1. The van der Waals surface area contributed by atoms with Crippen LogP contribution in [0, 0.1) is 0 Å². The number of aromatic nitrogens is 1. The van der Waals surface area contributed by atoms with Gasteiger partial charge >= 0.3 is 0 Å². The number of pyridine rings is 1. The van der Waals surface area contributed by atoms with Crippen LogP contribution >= 0.6 is 0 Å². The van der Waals surface area contributed by atoms with Gasteiger partial charge in [-0.25, -0.2) is 4.98 Å². The Morgan fingerprint density at radius 3 is 2.81 bits per heavy atom. The van der Waals surface area contributed by atoms with Crippen LogP contribution in [0.25, 0.3) is 0 Å². The molecule has 2 fully saturated rings. The lowest BCUT2D eigenvalue weighted by Crippen LogP contribution is -2.52. The zero-order chi connectivity index (χ0) is 14.7. The van der Waals surface area contributed by atoms with Gasteiger partial charge in [0.15, 0.2) is 0 Å². The van der Waals surface area contributed by atoms with Crippen molar-refractivity contribution in [3.63, 3.8) is 0 Å². The van der Waals surface area contributed by atoms with Crippen LogP contribution in [0.3, 0.4) is 0 Å². The van der Waals surface area contributed by atoms with Gasteiger partial charge in [-0.2, -0.15) is 0 Å². The van der Waals surface area contributed by atoms with E-state index in [2.05, 4.69) is 15.2 Å². The second-order valence-corrected chi connectivity index (χ2v) is 5.48. The highest BCUT2D eigenvalue weighted by Gasteiger charge is 2.34. The molecule has 1 atom stereocenters. The predicted molar refractivity (Wildman–Crippen MR) is 80.6 cm³/mol. The third-order valence-electron chi connectivity index (χ3n) is 4.22. The number of hydrogen-bond donors (Lipinski definition) is 1. The minimum absolute atomic E-state index is 0.0657. The molecule has 0 spiro atoms. The van der Waals surface area contributed by atoms with E-state index in [9.17, 15) is 4.79 Å². The number of anilines is 1. The summed E-state index contributed by atoms with van der Waals surface area (Å²) >= 11 is 0. The molecule has 3 rings (SSSR count). The van der Waals surface area contributed by atoms with Gasteiger partial charge in [-0.15, -0.1) is 0 Å². The number of amides is 1. The number of carbonyl (C=O) groups excluding carboxylic acids is 1. The Balaban J connectivity index is 1.73. The van der Waals surface area contributed by atoms with Crippen molar-refractivity contribution < 1.29 is 9.53 Å². The van der Waals surface area contributed by atoms with Crippen molar-refractivity contribution in [2.24, 2.45) is 0 Å². The molecular formula is C15H22N4O2. The SMILES string of the molecule is COc1ccc(N2CCCC2C(=O)N2CCNCC2)nc1. The monoisotopic (exact) mass is 290 g/mol. The number of hydrogen-bond acceptors (Lipinski definition) is 5. The van der Waals surface area contributed by atoms with Crippen LogP contribution in [-0.2, 0) is 4.79 Å². The molecule has 1 unspecified atom stereocenters. The number of carbonyl (C=O) groups is 1. The highest BCUT2D eigenvalue weighted by atomic mass is 16.5. The Morgan fingerprint density at radius 2 is 2.14 bits per heavy atom. The molecule has 2 aliphatic rings. The third kappa shape index (κ3) is 2.95. The summed E-state index contributed by atoms with van der Waals surface area (Å²) in [5, 5.41) is 3.28. The van der Waals surface area contributed by atoms with Crippen LogP contribution in [0.1, 0.15) is 12.8 Å². The fraction of sp³-hybridized carbons (Fsp3) is 0.600. The first-order valence-corrected chi connectivity index (χ1v) is 7.56. The van der Waals surface area contributed by atoms with Gasteiger partial charge in [0.05, 0.1) is 13.3 Å². The number of ether oxygens (including phenoxy) is 1. The summed E-state index contributed by atoms with van der Waals surface area (Å²) in [4.78, 5) is 21.2. The molecule has 2 aliphatic heterocycles. The van der Waals surface area contributed by atoms with E-state index in [1.54, 1.807) is 13.3 Å². The quantitative estimate of drug-likeness (QED) is 0.878. The first-order valence-electron chi connectivity index (χ1n) is 7.56. The molecule has 6 nitrogen and oxygen atoms in total. The molecule has 21 heavy (non-hydrogen) atoms. The van der Waals surface area contributed by atoms with Crippen molar-refractivity contribution in [3.05, 3.63) is 18.3 Å². The minimum atomic E-state index is -0.0657. The van der Waals surface area contributed by atoms with Crippen molar-refractivity contribution in [1.82, 2.24) is 15.2 Å². The summed E-state index contributed by atoms with van der Waals surface area (Å²) < 4.78 is 5.14. The molecule has 1 aromatic heterocycles. The van der Waals surface area contributed by atoms with Crippen LogP contribution in [0.2, 0.25) is 0 Å². The van der Waals surface area contributed by atoms with Crippen LogP contribution in [-0.4, -0.2) is 61.7 Å². The molecule has 0 aliphatic carbocycles. The molecule has 0 radical (unpaired) electrons. The van der Waals surface area contributed by atoms with Crippen molar-refractivity contribution >= 4 is 11.7 Å². The molecular weight excluding hydrogens is 268 g/mol. The molecule has 3 heterocycles. The Morgan fingerprint density at radius 1 is 1.33 bits per heavy atom. The van der Waals surface area contributed by atoms with Crippen LogP contribution in [0.5, 0.6) is 5.75 Å². The fourth-order valence-corrected chi connectivity index (χ4v) is 3.06. The van der Waals surface area contributed by atoms with E-state index >= 15 is 0 Å². The van der Waals surface area contributed by atoms with Crippen LogP contribution < -0.4 is 15.0 Å². The van der Waals surface area contributed by atoms with Gasteiger partial charge in [-0.3, -0.25) is 4.79 Å². The lowest BCUT2D eigenvalue weighted by molar-refractivity contribution is -0.133. The Kier molecular flexibility index (Phi) is 4.24. The second-order valence-electron chi connectivity index (χ2n) is 5.48. The van der Waals surface area contributed by atoms with Crippen molar-refractivity contribution in [2.75, 3.05) is 44.7 Å². The van der Waals surface area contributed by atoms with Crippen molar-refractivity contribution in [2.45, 2.75) is 18.9 Å². The largest absolute Gasteiger partial charge is 0.495 e. The molecule has 2 saturated heterocycles. The highest BCUT2D eigenvalue weighted by Crippen LogP contribution is 2.26. The van der Waals surface area contributed by atoms with Crippen molar-refractivity contribution in [3.8, 4) is 5.75 Å². The first-order chi connectivity index (χ1) is 10.3. The number of rotatable bonds is 3. The van der Waals surface area contributed by atoms with E-state index in [1.807, 2.05) is 17.0 Å². The summed E-state index contributed by atoms with van der Waals surface area (Å²) in [5.41, 5.74) is 0. The van der Waals surface area contributed by atoms with E-state index < -0.39 is 0 Å². The molecule has 0 saturated carbocycles. The van der Waals surface area contributed by atoms with E-state index in [0.717, 1.165) is 57.1 Å². The molecule has 0 aromatic carbocycles. The molecule has 1 amide bonds. The zero-order valence-corrected chi connectivity index (χ0v) is 12.4. The lowest BCUT2D eigenvalue weighted by Gasteiger charge is -2.33. The van der Waals surface area contributed by atoms with Crippen LogP contribution in [0.15, 0.2) is 18.3 Å². The maximum absolute atomic E-state index is 12.7. The van der Waals surface area contributed by atoms with Gasteiger partial charge in [-0.1, -0.05) is 0 Å². The normalized spacial score (nSPS) is 22.4. The smallest absolute Gasteiger partial charge is 0.245 e. The average Bonchev–Trinajstić information content (AvgIpc) is 3.04. The van der Waals surface area contributed by atoms with Gasteiger partial charge in [0.1, 0.15) is 17.6 Å². The molecule has 1 aromatic rings. The zero-order valence-electron chi connectivity index (χ0n) is 12.4. The van der Waals surface area contributed by atoms with Gasteiger partial charge in [0.2, 0.25) is 5.91 Å². The first kappa shape index (κ1) is 14.1. The second kappa shape index (κ2) is 6.30. The Labute approximate surface area is 125 Å². The van der Waals surface area contributed by atoms with Gasteiger partial charge in [0, 0.05) is 32.7 Å². The maximum atomic E-state index is 12.7. The average molecular weight is 290 g/mol. The van der Waals surface area contributed by atoms with Gasteiger partial charge in [0.25, 0.3) is 0 Å². The summed E-state index contributed by atoms with van der Waals surface area (Å²) in [7, 11) is 1.63. The third-order valence-corrected chi connectivity index (χ3v) is 4.22. The molecule has 1 N–H and O–H groups in total. The standard InChI is InChI=1S/C15H22N4O2/c1-21-12-4-5-14(17-11-12)19-8-2-3-13(19)15(20)18-9-6-16-7-10-18/h4-5,11,13,16H,2-3,6-10H2,1H3. The summed E-state index contributed by atoms with van der Waals surface area (Å²) in [5.74, 6) is 1.84. The molecule has 114 valence electrons. The van der Waals surface area contributed by atoms with E-state index in [4.69, 9.17) is 4.74 Å². The van der Waals surface area contributed by atoms with E-state index in [-0.39, 0.29) is 11.9 Å². The van der Waals surface area contributed by atoms with E-state index in [1.165, 1.54) is 0 Å². The summed E-state index contributed by atoms with van der Waals surface area (Å²) in [6, 6.07) is 3.76. The van der Waals surface area contributed by atoms with Crippen LogP contribution in [0.4, 0.5) is 5.82 Å². The lowest BCUT2D eigenvalue weighted by atomic mass is 10.1. The predicted octanol–water partition coefficient (Wildman–Crippen LogP) is 0.491. The van der Waals surface area contributed by atoms with Crippen molar-refractivity contribution in [1.29, 1.82) is 0 Å². The number of nitrogens with one attached hydrogen (secondary N) is 1. The molecule has 0 bridgehead atoms. The fourth-order valence-electron chi connectivity index (χ4n) is 3.06. The summed E-state index contributed by atoms with van der Waals surface area (Å²) in [6.07, 6.45) is 3.66. The Hall–Kier alpha value is -1.82. The van der Waals surface area contributed by atoms with E-state index in [0.29, 0.717) is 0 Å². The molecule has 6 heteroatoms. The summed E-state index contributed by atoms with van der Waals surface area (Å²) in [6.45, 7) is 4.28. The Bertz CT molecular complexity index is 485. The number of methoxy groups -OCH3 is 1. The maximum Gasteiger partial charge on any atom is 0.245 e. The minimum Gasteiger partial charge on any atom is -0.495 e. The van der Waals surface area contributed by atoms with Gasteiger partial charge < -0.3 is 19.9 Å². The highest BCUT2D eigenvalue weighted by molar-refractivity contribution is 5.85. The van der Waals surface area contributed by atoms with Gasteiger partial charge in [-0.05, 0) is 25.0 Å². The topological polar surface area (TPSA) is 57.7 Å².